The largest absolute Gasteiger partial charge is 0.440 e. The molecule has 5 heteroatoms. The van der Waals surface area contributed by atoms with Crippen LogP contribution in [0.15, 0.2) is 34.9 Å². The van der Waals surface area contributed by atoms with Crippen molar-refractivity contribution >= 4 is 11.6 Å². The van der Waals surface area contributed by atoms with Crippen LogP contribution in [0.4, 0.5) is 5.69 Å². The minimum atomic E-state index is -0.0335. The number of hydrogen-bond donors (Lipinski definition) is 2. The molecule has 0 saturated heterocycles. The molecule has 2 aromatic rings. The Labute approximate surface area is 147 Å². The average molecular weight is 337 g/mol. The Morgan fingerprint density at radius 3 is 2.56 bits per heavy atom. The van der Waals surface area contributed by atoms with Gasteiger partial charge in [-0.25, -0.2) is 4.98 Å². The van der Waals surface area contributed by atoms with Crippen LogP contribution >= 0.6 is 0 Å². The predicted octanol–water partition coefficient (Wildman–Crippen LogP) is 3.53. The Morgan fingerprint density at radius 1 is 1.12 bits per heavy atom. The highest BCUT2D eigenvalue weighted by Crippen LogP contribution is 2.48. The van der Waals surface area contributed by atoms with Gasteiger partial charge < -0.3 is 15.5 Å². The van der Waals surface area contributed by atoms with E-state index in [1.807, 2.05) is 24.3 Å². The molecular formula is C20H23N3O2. The third kappa shape index (κ3) is 2.67. The Hall–Kier alpha value is -2.14. The van der Waals surface area contributed by atoms with E-state index in [0.29, 0.717) is 17.8 Å². The molecule has 1 heterocycles. The highest BCUT2D eigenvalue weighted by molar-refractivity contribution is 5.93. The van der Waals surface area contributed by atoms with Crippen molar-refractivity contribution in [3.8, 4) is 11.3 Å². The van der Waals surface area contributed by atoms with Gasteiger partial charge in [0.2, 0.25) is 5.91 Å². The van der Waals surface area contributed by atoms with Crippen molar-refractivity contribution in [3.63, 3.8) is 0 Å². The Morgan fingerprint density at radius 2 is 1.88 bits per heavy atom. The number of amides is 1. The average Bonchev–Trinajstić information content (AvgIpc) is 3.05. The SMILES string of the molecule is NC1C2CCC(C2)C1C(=O)Nc1ccc(-c2cnc(C3CC3)o2)cc1. The van der Waals surface area contributed by atoms with Crippen LogP contribution in [0.25, 0.3) is 11.3 Å². The molecule has 3 aliphatic carbocycles. The number of carbonyl (C=O) groups excluding carboxylic acids is 1. The molecule has 130 valence electrons. The molecular weight excluding hydrogens is 314 g/mol. The maximum absolute atomic E-state index is 12.6. The van der Waals surface area contributed by atoms with Crippen LogP contribution in [0, 0.1) is 17.8 Å². The van der Waals surface area contributed by atoms with E-state index in [-0.39, 0.29) is 17.9 Å². The van der Waals surface area contributed by atoms with Gasteiger partial charge in [-0.3, -0.25) is 4.79 Å². The Balaban J connectivity index is 1.27. The van der Waals surface area contributed by atoms with Gasteiger partial charge in [0.1, 0.15) is 0 Å². The van der Waals surface area contributed by atoms with E-state index in [0.717, 1.165) is 35.7 Å². The minimum absolute atomic E-state index is 0.0214. The summed E-state index contributed by atoms with van der Waals surface area (Å²) in [5.41, 5.74) is 8.06. The zero-order chi connectivity index (χ0) is 17.0. The van der Waals surface area contributed by atoms with Gasteiger partial charge in [-0.1, -0.05) is 0 Å². The molecule has 5 nitrogen and oxygen atoms in total. The standard InChI is InChI=1S/C20H23N3O2/c21-18-14-4-3-13(9-14)17(18)19(24)23-15-7-5-11(6-8-15)16-10-22-20(25-16)12-1-2-12/h5-8,10,12-14,17-18H,1-4,9,21H2,(H,23,24). The van der Waals surface area contributed by atoms with Crippen LogP contribution in [-0.2, 0) is 4.79 Å². The van der Waals surface area contributed by atoms with Crippen molar-refractivity contribution in [2.75, 3.05) is 5.32 Å². The number of aromatic nitrogens is 1. The van der Waals surface area contributed by atoms with Crippen molar-refractivity contribution in [2.24, 2.45) is 23.5 Å². The fourth-order valence-corrected chi connectivity index (χ4v) is 4.61. The Bertz CT molecular complexity index is 792. The van der Waals surface area contributed by atoms with Crippen molar-refractivity contribution in [1.82, 2.24) is 4.98 Å². The summed E-state index contributed by atoms with van der Waals surface area (Å²) in [6.07, 6.45) is 7.59. The zero-order valence-electron chi connectivity index (χ0n) is 14.2. The summed E-state index contributed by atoms with van der Waals surface area (Å²) in [5.74, 6) is 3.19. The first-order chi connectivity index (χ1) is 12.2. The number of carbonyl (C=O) groups is 1. The second-order valence-electron chi connectivity index (χ2n) is 7.84. The van der Waals surface area contributed by atoms with E-state index in [1.54, 1.807) is 6.20 Å². The lowest BCUT2D eigenvalue weighted by atomic mass is 9.84. The first-order valence-electron chi connectivity index (χ1n) is 9.31. The van der Waals surface area contributed by atoms with Gasteiger partial charge in [0.15, 0.2) is 11.7 Å². The van der Waals surface area contributed by atoms with E-state index < -0.39 is 0 Å². The molecule has 3 aliphatic rings. The third-order valence-corrected chi connectivity index (χ3v) is 6.17. The van der Waals surface area contributed by atoms with E-state index in [1.165, 1.54) is 19.3 Å². The lowest BCUT2D eigenvalue weighted by molar-refractivity contribution is -0.121. The molecule has 3 N–H and O–H groups in total. The van der Waals surface area contributed by atoms with Crippen LogP contribution in [0.3, 0.4) is 0 Å². The molecule has 1 amide bonds. The number of nitrogens with two attached hydrogens (primary N) is 1. The number of oxazole rings is 1. The molecule has 0 aliphatic heterocycles. The van der Waals surface area contributed by atoms with Crippen LogP contribution in [0.2, 0.25) is 0 Å². The highest BCUT2D eigenvalue weighted by atomic mass is 16.4. The fourth-order valence-electron chi connectivity index (χ4n) is 4.61. The Kier molecular flexibility index (Phi) is 3.45. The van der Waals surface area contributed by atoms with Gasteiger partial charge in [0.25, 0.3) is 0 Å². The van der Waals surface area contributed by atoms with Crippen LogP contribution < -0.4 is 11.1 Å². The number of fused-ring (bicyclic) bond motifs is 2. The molecule has 2 bridgehead atoms. The first kappa shape index (κ1) is 15.1. The summed E-state index contributed by atoms with van der Waals surface area (Å²) in [7, 11) is 0. The van der Waals surface area contributed by atoms with Gasteiger partial charge in [-0.05, 0) is 68.2 Å². The summed E-state index contributed by atoms with van der Waals surface area (Å²) in [6, 6.07) is 7.80. The summed E-state index contributed by atoms with van der Waals surface area (Å²) in [5, 5.41) is 3.05. The highest BCUT2D eigenvalue weighted by Gasteiger charge is 2.49. The number of rotatable bonds is 4. The quantitative estimate of drug-likeness (QED) is 0.894. The zero-order valence-corrected chi connectivity index (χ0v) is 14.2. The third-order valence-electron chi connectivity index (χ3n) is 6.17. The summed E-state index contributed by atoms with van der Waals surface area (Å²) in [6.45, 7) is 0. The van der Waals surface area contributed by atoms with E-state index in [4.69, 9.17) is 10.2 Å². The fraction of sp³-hybridized carbons (Fsp3) is 0.500. The second-order valence-corrected chi connectivity index (χ2v) is 7.84. The molecule has 3 saturated carbocycles. The minimum Gasteiger partial charge on any atom is -0.440 e. The van der Waals surface area contributed by atoms with E-state index >= 15 is 0 Å². The van der Waals surface area contributed by atoms with E-state index in [2.05, 4.69) is 10.3 Å². The molecule has 5 rings (SSSR count). The van der Waals surface area contributed by atoms with Gasteiger partial charge in [0.05, 0.1) is 12.1 Å². The lowest BCUT2D eigenvalue weighted by Crippen LogP contribution is -2.42. The lowest BCUT2D eigenvalue weighted by Gasteiger charge is -2.27. The maximum Gasteiger partial charge on any atom is 0.229 e. The van der Waals surface area contributed by atoms with Gasteiger partial charge in [0, 0.05) is 23.2 Å². The van der Waals surface area contributed by atoms with Crippen LogP contribution in [0.5, 0.6) is 0 Å². The van der Waals surface area contributed by atoms with Crippen LogP contribution in [-0.4, -0.2) is 16.9 Å². The summed E-state index contributed by atoms with van der Waals surface area (Å²) >= 11 is 0. The normalized spacial score (nSPS) is 30.6. The summed E-state index contributed by atoms with van der Waals surface area (Å²) < 4.78 is 5.83. The molecule has 4 atom stereocenters. The topological polar surface area (TPSA) is 81.2 Å². The van der Waals surface area contributed by atoms with E-state index in [9.17, 15) is 4.79 Å². The van der Waals surface area contributed by atoms with Crippen LogP contribution in [0.1, 0.15) is 43.9 Å². The molecule has 1 aromatic carbocycles. The first-order valence-corrected chi connectivity index (χ1v) is 9.31. The smallest absolute Gasteiger partial charge is 0.229 e. The molecule has 0 spiro atoms. The van der Waals surface area contributed by atoms with Gasteiger partial charge in [-0.2, -0.15) is 0 Å². The van der Waals surface area contributed by atoms with Gasteiger partial charge >= 0.3 is 0 Å². The van der Waals surface area contributed by atoms with Crippen molar-refractivity contribution < 1.29 is 9.21 Å². The molecule has 3 fully saturated rings. The number of benzene rings is 1. The molecule has 25 heavy (non-hydrogen) atoms. The molecule has 0 radical (unpaired) electrons. The van der Waals surface area contributed by atoms with Crippen molar-refractivity contribution in [2.45, 2.75) is 44.1 Å². The number of nitrogens with zero attached hydrogens (tertiary/aromatic N) is 1. The molecule has 1 aromatic heterocycles. The molecule has 4 unspecified atom stereocenters. The monoisotopic (exact) mass is 337 g/mol. The summed E-state index contributed by atoms with van der Waals surface area (Å²) in [4.78, 5) is 17.0. The van der Waals surface area contributed by atoms with Crippen molar-refractivity contribution in [3.05, 3.63) is 36.4 Å². The predicted molar refractivity (Wildman–Crippen MR) is 94.8 cm³/mol. The van der Waals surface area contributed by atoms with Crippen molar-refractivity contribution in [1.29, 1.82) is 0 Å². The number of anilines is 1. The number of nitrogens with one attached hydrogen (secondary N) is 1. The second kappa shape index (κ2) is 5.70. The maximum atomic E-state index is 12.6. The number of hydrogen-bond acceptors (Lipinski definition) is 4. The van der Waals surface area contributed by atoms with Gasteiger partial charge in [-0.15, -0.1) is 0 Å².